The highest BCUT2D eigenvalue weighted by atomic mass is 32.2. The van der Waals surface area contributed by atoms with Gasteiger partial charge in [-0.2, -0.15) is 0 Å². The van der Waals surface area contributed by atoms with Gasteiger partial charge < -0.3 is 16.4 Å². The number of amides is 1. The zero-order chi connectivity index (χ0) is 14.0. The first kappa shape index (κ1) is 13.6. The number of carbonyl (C=O) groups excluding carboxylic acids is 1. The highest BCUT2D eigenvalue weighted by Crippen LogP contribution is 2.24. The molecule has 1 saturated heterocycles. The number of nitrogens with two attached hydrogens (primary N) is 1. The minimum absolute atomic E-state index is 0.0323. The average Bonchev–Trinajstić information content (AvgIpc) is 2.77. The van der Waals surface area contributed by atoms with E-state index < -0.39 is 10.0 Å². The van der Waals surface area contributed by atoms with Crippen LogP contribution in [0.15, 0.2) is 23.1 Å². The minimum Gasteiger partial charge on any atom is -0.397 e. The molecular formula is C11H16N4O3S. The van der Waals surface area contributed by atoms with E-state index in [0.717, 1.165) is 0 Å². The van der Waals surface area contributed by atoms with Gasteiger partial charge in [0, 0.05) is 13.0 Å². The summed E-state index contributed by atoms with van der Waals surface area (Å²) < 4.78 is 25.7. The lowest BCUT2D eigenvalue weighted by molar-refractivity contribution is -0.119. The Morgan fingerprint density at radius 3 is 2.74 bits per heavy atom. The monoisotopic (exact) mass is 284 g/mol. The number of benzene rings is 1. The van der Waals surface area contributed by atoms with Crippen LogP contribution in [0.2, 0.25) is 0 Å². The molecule has 1 aliphatic heterocycles. The highest BCUT2D eigenvalue weighted by molar-refractivity contribution is 7.89. The first-order valence-electron chi connectivity index (χ1n) is 5.78. The van der Waals surface area contributed by atoms with E-state index in [-0.39, 0.29) is 16.8 Å². The highest BCUT2D eigenvalue weighted by Gasteiger charge is 2.22. The summed E-state index contributed by atoms with van der Waals surface area (Å²) >= 11 is 0. The van der Waals surface area contributed by atoms with Crippen molar-refractivity contribution in [3.05, 3.63) is 18.2 Å². The van der Waals surface area contributed by atoms with Crippen molar-refractivity contribution in [2.24, 2.45) is 0 Å². The SMILES string of the molecule is CNS(=O)(=O)c1ccc(N)c(NC2CNC(=O)C2)c1. The lowest BCUT2D eigenvalue weighted by atomic mass is 10.2. The third-order valence-electron chi connectivity index (χ3n) is 2.94. The zero-order valence-electron chi connectivity index (χ0n) is 10.4. The van der Waals surface area contributed by atoms with E-state index in [1.54, 1.807) is 0 Å². The van der Waals surface area contributed by atoms with E-state index in [1.807, 2.05) is 0 Å². The van der Waals surface area contributed by atoms with Crippen molar-refractivity contribution in [2.45, 2.75) is 17.4 Å². The molecule has 19 heavy (non-hydrogen) atoms. The van der Waals surface area contributed by atoms with Crippen molar-refractivity contribution in [3.8, 4) is 0 Å². The van der Waals surface area contributed by atoms with Crippen LogP contribution in [0.1, 0.15) is 6.42 Å². The normalized spacial score (nSPS) is 19.2. The Morgan fingerprint density at radius 1 is 1.42 bits per heavy atom. The van der Waals surface area contributed by atoms with E-state index >= 15 is 0 Å². The molecule has 1 heterocycles. The van der Waals surface area contributed by atoms with Gasteiger partial charge >= 0.3 is 0 Å². The maximum atomic E-state index is 11.7. The quantitative estimate of drug-likeness (QED) is 0.555. The molecule has 104 valence electrons. The summed E-state index contributed by atoms with van der Waals surface area (Å²) in [6.45, 7) is 0.501. The zero-order valence-corrected chi connectivity index (χ0v) is 11.3. The second-order valence-corrected chi connectivity index (χ2v) is 6.19. The molecule has 7 nitrogen and oxygen atoms in total. The number of carbonyl (C=O) groups is 1. The van der Waals surface area contributed by atoms with E-state index in [1.165, 1.54) is 25.2 Å². The van der Waals surface area contributed by atoms with Crippen LogP contribution >= 0.6 is 0 Å². The van der Waals surface area contributed by atoms with Gasteiger partial charge in [-0.3, -0.25) is 4.79 Å². The molecule has 0 bridgehead atoms. The molecule has 2 rings (SSSR count). The predicted octanol–water partition coefficient (Wildman–Crippen LogP) is -0.523. The summed E-state index contributed by atoms with van der Waals surface area (Å²) in [4.78, 5) is 11.2. The standard InChI is InChI=1S/C11H16N4O3S/c1-13-19(17,18)8-2-3-9(12)10(5-8)15-7-4-11(16)14-6-7/h2-3,5,7,13,15H,4,6,12H2,1H3,(H,14,16). The Labute approximate surface area is 111 Å². The van der Waals surface area contributed by atoms with Crippen molar-refractivity contribution >= 4 is 27.3 Å². The molecule has 1 aromatic carbocycles. The lowest BCUT2D eigenvalue weighted by Gasteiger charge is -2.15. The van der Waals surface area contributed by atoms with Crippen LogP contribution in [-0.4, -0.2) is 34.0 Å². The summed E-state index contributed by atoms with van der Waals surface area (Å²) in [5.74, 6) is -0.0323. The molecular weight excluding hydrogens is 268 g/mol. The van der Waals surface area contributed by atoms with Crippen LogP contribution in [-0.2, 0) is 14.8 Å². The fraction of sp³-hybridized carbons (Fsp3) is 0.364. The third-order valence-corrected chi connectivity index (χ3v) is 4.35. The second-order valence-electron chi connectivity index (χ2n) is 4.31. The van der Waals surface area contributed by atoms with Crippen molar-refractivity contribution in [1.29, 1.82) is 0 Å². The Morgan fingerprint density at radius 2 is 2.16 bits per heavy atom. The van der Waals surface area contributed by atoms with Crippen molar-refractivity contribution in [3.63, 3.8) is 0 Å². The number of hydrogen-bond acceptors (Lipinski definition) is 5. The Bertz CT molecular complexity index is 600. The number of hydrogen-bond donors (Lipinski definition) is 4. The fourth-order valence-corrected chi connectivity index (χ4v) is 2.63. The number of anilines is 2. The van der Waals surface area contributed by atoms with E-state index in [2.05, 4.69) is 15.4 Å². The molecule has 0 aliphatic carbocycles. The smallest absolute Gasteiger partial charge is 0.240 e. The second kappa shape index (κ2) is 5.06. The summed E-state index contributed by atoms with van der Waals surface area (Å²) in [7, 11) is -2.16. The van der Waals surface area contributed by atoms with Crippen molar-refractivity contribution in [2.75, 3.05) is 24.6 Å². The molecule has 1 aromatic rings. The first-order valence-corrected chi connectivity index (χ1v) is 7.27. The van der Waals surface area contributed by atoms with Gasteiger partial charge in [0.2, 0.25) is 15.9 Å². The predicted molar refractivity (Wildman–Crippen MR) is 72.1 cm³/mol. The van der Waals surface area contributed by atoms with Gasteiger partial charge in [-0.15, -0.1) is 0 Å². The lowest BCUT2D eigenvalue weighted by Crippen LogP contribution is -2.23. The Hall–Kier alpha value is -1.80. The minimum atomic E-state index is -3.51. The first-order chi connectivity index (χ1) is 8.92. The third kappa shape index (κ3) is 2.96. The van der Waals surface area contributed by atoms with Crippen LogP contribution in [0.25, 0.3) is 0 Å². The van der Waals surface area contributed by atoms with Gasteiger partial charge in [0.1, 0.15) is 0 Å². The topological polar surface area (TPSA) is 113 Å². The summed E-state index contributed by atoms with van der Waals surface area (Å²) in [6.07, 6.45) is 0.350. The molecule has 8 heteroatoms. The number of sulfonamides is 1. The van der Waals surface area contributed by atoms with Gasteiger partial charge in [0.25, 0.3) is 0 Å². The molecule has 1 amide bonds. The largest absolute Gasteiger partial charge is 0.397 e. The number of nitrogen functional groups attached to an aromatic ring is 1. The fourth-order valence-electron chi connectivity index (χ4n) is 1.87. The van der Waals surface area contributed by atoms with Crippen LogP contribution < -0.4 is 21.1 Å². The summed E-state index contributed by atoms with van der Waals surface area (Å²) in [6, 6.07) is 4.34. The Kier molecular flexibility index (Phi) is 3.63. The van der Waals surface area contributed by atoms with Crippen LogP contribution in [0, 0.1) is 0 Å². The molecule has 0 spiro atoms. The molecule has 5 N–H and O–H groups in total. The molecule has 0 aromatic heterocycles. The molecule has 0 saturated carbocycles. The molecule has 0 radical (unpaired) electrons. The van der Waals surface area contributed by atoms with Gasteiger partial charge in [0.05, 0.1) is 22.3 Å². The average molecular weight is 284 g/mol. The van der Waals surface area contributed by atoms with Gasteiger partial charge in [-0.1, -0.05) is 0 Å². The van der Waals surface area contributed by atoms with Gasteiger partial charge in [-0.05, 0) is 25.2 Å². The van der Waals surface area contributed by atoms with E-state index in [0.29, 0.717) is 24.3 Å². The van der Waals surface area contributed by atoms with Crippen molar-refractivity contribution < 1.29 is 13.2 Å². The maximum Gasteiger partial charge on any atom is 0.240 e. The summed E-state index contributed by atoms with van der Waals surface area (Å²) in [5.41, 5.74) is 6.76. The van der Waals surface area contributed by atoms with E-state index in [9.17, 15) is 13.2 Å². The summed E-state index contributed by atoms with van der Waals surface area (Å²) in [5, 5.41) is 5.77. The van der Waals surface area contributed by atoms with Gasteiger partial charge in [0.15, 0.2) is 0 Å². The van der Waals surface area contributed by atoms with Crippen LogP contribution in [0.5, 0.6) is 0 Å². The van der Waals surface area contributed by atoms with Crippen LogP contribution in [0.3, 0.4) is 0 Å². The van der Waals surface area contributed by atoms with Crippen LogP contribution in [0.4, 0.5) is 11.4 Å². The molecule has 1 atom stereocenters. The Balaban J connectivity index is 2.25. The molecule has 1 fully saturated rings. The number of nitrogens with one attached hydrogen (secondary N) is 3. The molecule has 1 aliphatic rings. The van der Waals surface area contributed by atoms with E-state index in [4.69, 9.17) is 5.73 Å². The molecule has 1 unspecified atom stereocenters. The van der Waals surface area contributed by atoms with Crippen molar-refractivity contribution in [1.82, 2.24) is 10.0 Å². The maximum absolute atomic E-state index is 11.7. The number of rotatable bonds is 4. The van der Waals surface area contributed by atoms with Gasteiger partial charge in [-0.25, -0.2) is 13.1 Å².